The van der Waals surface area contributed by atoms with Crippen molar-refractivity contribution in [2.24, 2.45) is 0 Å². The molecule has 4 aromatic rings. The van der Waals surface area contributed by atoms with Gasteiger partial charge in [-0.1, -0.05) is 35.9 Å². The van der Waals surface area contributed by atoms with Crippen molar-refractivity contribution in [3.05, 3.63) is 71.8 Å². The number of para-hydroxylation sites is 1. The molecule has 1 unspecified atom stereocenters. The first-order chi connectivity index (χ1) is 15.7. The number of halogens is 1. The summed E-state index contributed by atoms with van der Waals surface area (Å²) in [6, 6.07) is 14.0. The van der Waals surface area contributed by atoms with Crippen LogP contribution in [0.4, 0.5) is 11.6 Å². The Hall–Kier alpha value is -3.52. The van der Waals surface area contributed by atoms with E-state index in [9.17, 15) is 0 Å². The minimum atomic E-state index is -0.166. The predicted molar refractivity (Wildman–Crippen MR) is 122 cm³/mol. The Morgan fingerprint density at radius 3 is 2.69 bits per heavy atom. The lowest BCUT2D eigenvalue weighted by Crippen LogP contribution is -2.20. The van der Waals surface area contributed by atoms with Crippen LogP contribution in [0.2, 0.25) is 5.02 Å². The highest BCUT2D eigenvalue weighted by molar-refractivity contribution is 6.32. The summed E-state index contributed by atoms with van der Waals surface area (Å²) in [6.45, 7) is 2.45. The summed E-state index contributed by atoms with van der Waals surface area (Å²) in [6.07, 6.45) is 7.47. The summed E-state index contributed by atoms with van der Waals surface area (Å²) in [5.41, 5.74) is 4.20. The molecule has 2 aromatic carbocycles. The molecule has 1 atom stereocenters. The highest BCUT2D eigenvalue weighted by atomic mass is 35.5. The van der Waals surface area contributed by atoms with Gasteiger partial charge in [0.15, 0.2) is 0 Å². The average molecular weight is 448 g/mol. The van der Waals surface area contributed by atoms with Gasteiger partial charge in [-0.15, -0.1) is 5.10 Å². The lowest BCUT2D eigenvalue weighted by molar-refractivity contribution is 0.193. The summed E-state index contributed by atoms with van der Waals surface area (Å²) in [4.78, 5) is 9.03. The van der Waals surface area contributed by atoms with Crippen LogP contribution in [0.3, 0.4) is 0 Å². The number of benzene rings is 2. The van der Waals surface area contributed by atoms with Crippen LogP contribution in [0.1, 0.15) is 31.2 Å². The smallest absolute Gasteiger partial charge is 0.227 e. The first-order valence-electron chi connectivity index (χ1n) is 10.5. The van der Waals surface area contributed by atoms with Crippen LogP contribution in [0.5, 0.6) is 5.75 Å². The molecule has 1 aliphatic rings. The molecule has 32 heavy (non-hydrogen) atoms. The normalized spacial score (nSPS) is 14.2. The van der Waals surface area contributed by atoms with Gasteiger partial charge >= 0.3 is 0 Å². The maximum absolute atomic E-state index is 6.36. The lowest BCUT2D eigenvalue weighted by Gasteiger charge is -2.16. The second-order valence-electron chi connectivity index (χ2n) is 7.89. The third kappa shape index (κ3) is 4.70. The van der Waals surface area contributed by atoms with Gasteiger partial charge in [0, 0.05) is 23.6 Å². The minimum absolute atomic E-state index is 0.166. The van der Waals surface area contributed by atoms with Gasteiger partial charge in [-0.05, 0) is 65.4 Å². The van der Waals surface area contributed by atoms with Crippen LogP contribution in [0.25, 0.3) is 11.1 Å². The quantitative estimate of drug-likeness (QED) is 0.412. The van der Waals surface area contributed by atoms with Gasteiger partial charge in [-0.2, -0.15) is 0 Å². The van der Waals surface area contributed by atoms with Gasteiger partial charge in [-0.3, -0.25) is 0 Å². The summed E-state index contributed by atoms with van der Waals surface area (Å²) in [5, 5.41) is 15.0. The highest BCUT2D eigenvalue weighted by Gasteiger charge is 2.25. The Labute approximate surface area is 190 Å². The molecule has 8 nitrogen and oxygen atoms in total. The molecule has 1 N–H and O–H groups in total. The Morgan fingerprint density at radius 1 is 1.12 bits per heavy atom. The van der Waals surface area contributed by atoms with E-state index in [0.29, 0.717) is 29.2 Å². The summed E-state index contributed by atoms with van der Waals surface area (Å²) in [5.74, 6) is 1.81. The van der Waals surface area contributed by atoms with E-state index in [2.05, 4.69) is 49.0 Å². The van der Waals surface area contributed by atoms with E-state index in [-0.39, 0.29) is 6.10 Å². The van der Waals surface area contributed by atoms with E-state index in [1.807, 2.05) is 31.2 Å². The van der Waals surface area contributed by atoms with Crippen LogP contribution in [0, 0.1) is 0 Å². The van der Waals surface area contributed by atoms with Crippen LogP contribution in [0.15, 0.2) is 61.2 Å². The lowest BCUT2D eigenvalue weighted by atomic mass is 10.1. The largest absolute Gasteiger partial charge is 0.487 e. The van der Waals surface area contributed by atoms with Crippen molar-refractivity contribution in [2.75, 3.05) is 5.32 Å². The zero-order valence-electron chi connectivity index (χ0n) is 17.5. The van der Waals surface area contributed by atoms with Gasteiger partial charge in [-0.25, -0.2) is 14.6 Å². The molecule has 0 saturated heterocycles. The molecule has 1 aliphatic carbocycles. The molecule has 5 rings (SSSR count). The molecule has 0 amide bonds. The van der Waals surface area contributed by atoms with Crippen LogP contribution in [-0.4, -0.2) is 36.3 Å². The van der Waals surface area contributed by atoms with E-state index in [0.717, 1.165) is 16.8 Å². The fourth-order valence-electron chi connectivity index (χ4n) is 3.58. The number of nitrogens with one attached hydrogen (secondary N) is 1. The Bertz CT molecular complexity index is 1190. The van der Waals surface area contributed by atoms with Crippen molar-refractivity contribution in [2.45, 2.75) is 38.3 Å². The second-order valence-corrected chi connectivity index (χ2v) is 8.29. The molecule has 9 heteroatoms. The molecule has 1 saturated carbocycles. The molecular formula is C23H22ClN7O. The fourth-order valence-corrected chi connectivity index (χ4v) is 3.74. The minimum Gasteiger partial charge on any atom is -0.487 e. The SMILES string of the molecule is CC(Cn1cnnn1)Oc1cc(-c2cnc(Nc3ccccc3C3CC3)nc2)ccc1Cl. The van der Waals surface area contributed by atoms with Crippen LogP contribution in [-0.2, 0) is 6.54 Å². The van der Waals surface area contributed by atoms with Gasteiger partial charge in [0.1, 0.15) is 18.2 Å². The monoisotopic (exact) mass is 447 g/mol. The molecule has 0 aliphatic heterocycles. The summed E-state index contributed by atoms with van der Waals surface area (Å²) < 4.78 is 7.64. The Kier molecular flexibility index (Phi) is 5.68. The first-order valence-corrected chi connectivity index (χ1v) is 10.9. The number of tetrazole rings is 1. The van der Waals surface area contributed by atoms with Crippen LogP contribution >= 0.6 is 11.6 Å². The third-order valence-electron chi connectivity index (χ3n) is 5.30. The maximum Gasteiger partial charge on any atom is 0.227 e. The number of ether oxygens (including phenoxy) is 1. The Balaban J connectivity index is 1.30. The number of hydrogen-bond donors (Lipinski definition) is 1. The standard InChI is InChI=1S/C23H22ClN7O/c1-15(13-31-14-27-29-30-31)32-22-10-17(8-9-20(22)24)18-11-25-23(26-12-18)28-21-5-3-2-4-19(21)16-6-7-16/h2-5,8-12,14-16H,6-7,13H2,1H3,(H,25,26,28). The molecule has 162 valence electrons. The van der Waals surface area contributed by atoms with E-state index < -0.39 is 0 Å². The van der Waals surface area contributed by atoms with Crippen molar-refractivity contribution in [3.63, 3.8) is 0 Å². The van der Waals surface area contributed by atoms with E-state index in [1.165, 1.54) is 18.4 Å². The predicted octanol–water partition coefficient (Wildman–Crippen LogP) is 4.87. The zero-order valence-corrected chi connectivity index (χ0v) is 18.3. The van der Waals surface area contributed by atoms with E-state index >= 15 is 0 Å². The van der Waals surface area contributed by atoms with Crippen molar-refractivity contribution in [3.8, 4) is 16.9 Å². The number of rotatable bonds is 8. The average Bonchev–Trinajstić information content (AvgIpc) is 3.53. The van der Waals surface area contributed by atoms with Gasteiger partial charge in [0.25, 0.3) is 0 Å². The molecule has 0 radical (unpaired) electrons. The first kappa shape index (κ1) is 20.4. The molecule has 2 aromatic heterocycles. The molecule has 1 fully saturated rings. The maximum atomic E-state index is 6.36. The zero-order chi connectivity index (χ0) is 21.9. The van der Waals surface area contributed by atoms with Gasteiger partial charge in [0.2, 0.25) is 5.95 Å². The highest BCUT2D eigenvalue weighted by Crippen LogP contribution is 2.43. The molecular weight excluding hydrogens is 426 g/mol. The van der Waals surface area contributed by atoms with Gasteiger partial charge in [0.05, 0.1) is 11.6 Å². The fraction of sp³-hybridized carbons (Fsp3) is 0.261. The summed E-state index contributed by atoms with van der Waals surface area (Å²) in [7, 11) is 0. The number of anilines is 2. The number of hydrogen-bond acceptors (Lipinski definition) is 7. The molecule has 2 heterocycles. The third-order valence-corrected chi connectivity index (χ3v) is 5.62. The summed E-state index contributed by atoms with van der Waals surface area (Å²) >= 11 is 6.36. The van der Waals surface area contributed by atoms with E-state index in [4.69, 9.17) is 16.3 Å². The van der Waals surface area contributed by atoms with Crippen molar-refractivity contribution in [1.29, 1.82) is 0 Å². The van der Waals surface area contributed by atoms with Crippen molar-refractivity contribution >= 4 is 23.2 Å². The molecule has 0 bridgehead atoms. The second kappa shape index (κ2) is 8.92. The van der Waals surface area contributed by atoms with Crippen LogP contribution < -0.4 is 10.1 Å². The topological polar surface area (TPSA) is 90.6 Å². The van der Waals surface area contributed by atoms with Gasteiger partial charge < -0.3 is 10.1 Å². The molecule has 0 spiro atoms. The van der Waals surface area contributed by atoms with Crippen molar-refractivity contribution < 1.29 is 4.74 Å². The number of nitrogens with zero attached hydrogens (tertiary/aromatic N) is 6. The number of aromatic nitrogens is 6. The van der Waals surface area contributed by atoms with Crippen molar-refractivity contribution in [1.82, 2.24) is 30.2 Å². The Morgan fingerprint density at radius 2 is 1.94 bits per heavy atom. The van der Waals surface area contributed by atoms with E-state index in [1.54, 1.807) is 23.4 Å².